The molecule has 1 fully saturated rings. The van der Waals surface area contributed by atoms with Crippen molar-refractivity contribution in [3.8, 4) is 5.75 Å². The van der Waals surface area contributed by atoms with E-state index in [1.54, 1.807) is 0 Å². The van der Waals surface area contributed by atoms with Gasteiger partial charge in [0.2, 0.25) is 0 Å². The van der Waals surface area contributed by atoms with Crippen LogP contribution in [0.2, 0.25) is 0 Å². The number of hydrogen-bond donors (Lipinski definition) is 2. The first-order valence-electron chi connectivity index (χ1n) is 7.25. The number of carbonyl (C=O) groups is 1. The molecule has 0 radical (unpaired) electrons. The molecule has 20 heavy (non-hydrogen) atoms. The summed E-state index contributed by atoms with van der Waals surface area (Å²) >= 11 is 0. The summed E-state index contributed by atoms with van der Waals surface area (Å²) < 4.78 is 5.59. The van der Waals surface area contributed by atoms with Crippen LogP contribution in [0.15, 0.2) is 12.1 Å². The third-order valence-corrected chi connectivity index (χ3v) is 3.26. The fraction of sp³-hybridized carbons (Fsp3) is 0.600. The van der Waals surface area contributed by atoms with Crippen molar-refractivity contribution >= 4 is 5.91 Å². The van der Waals surface area contributed by atoms with Crippen LogP contribution in [0.25, 0.3) is 0 Å². The van der Waals surface area contributed by atoms with Crippen LogP contribution in [0.4, 0.5) is 0 Å². The van der Waals surface area contributed by atoms with Crippen LogP contribution in [-0.2, 0) is 11.3 Å². The average molecular weight is 277 g/mol. The highest BCUT2D eigenvalue weighted by Crippen LogP contribution is 2.27. The van der Waals surface area contributed by atoms with E-state index in [2.05, 4.69) is 15.6 Å². The van der Waals surface area contributed by atoms with Crippen molar-refractivity contribution in [2.75, 3.05) is 19.7 Å². The van der Waals surface area contributed by atoms with Gasteiger partial charge in [-0.05, 0) is 44.4 Å². The summed E-state index contributed by atoms with van der Waals surface area (Å²) in [6.07, 6.45) is 2.46. The van der Waals surface area contributed by atoms with E-state index < -0.39 is 0 Å². The zero-order valence-corrected chi connectivity index (χ0v) is 12.2. The second-order valence-corrected chi connectivity index (χ2v) is 5.21. The Balaban J connectivity index is 1.84. The molecule has 0 aromatic carbocycles. The third-order valence-electron chi connectivity index (χ3n) is 3.26. The molecule has 0 aliphatic heterocycles. The largest absolute Gasteiger partial charge is 0.482 e. The van der Waals surface area contributed by atoms with Gasteiger partial charge >= 0.3 is 0 Å². The van der Waals surface area contributed by atoms with Crippen LogP contribution >= 0.6 is 0 Å². The lowest BCUT2D eigenvalue weighted by molar-refractivity contribution is -0.123. The standard InChI is InChI=1S/C15H23N3O2/c1-3-16-9-13-14(7-4-11(2)18-13)20-10-15(19)17-8-12-5-6-12/h4,7,12,16H,3,5-6,8-10H2,1-2H3,(H,17,19). The van der Waals surface area contributed by atoms with Crippen molar-refractivity contribution in [3.63, 3.8) is 0 Å². The monoisotopic (exact) mass is 277 g/mol. The molecule has 1 amide bonds. The Morgan fingerprint density at radius 3 is 2.95 bits per heavy atom. The number of rotatable bonds is 8. The predicted molar refractivity (Wildman–Crippen MR) is 77.6 cm³/mol. The van der Waals surface area contributed by atoms with E-state index in [0.29, 0.717) is 18.2 Å². The Morgan fingerprint density at radius 1 is 1.45 bits per heavy atom. The minimum Gasteiger partial charge on any atom is -0.482 e. The highest BCUT2D eigenvalue weighted by molar-refractivity contribution is 5.77. The molecular weight excluding hydrogens is 254 g/mol. The normalized spacial score (nSPS) is 14.1. The summed E-state index contributed by atoms with van der Waals surface area (Å²) in [5.74, 6) is 1.30. The van der Waals surface area contributed by atoms with E-state index in [9.17, 15) is 4.79 Å². The molecule has 0 bridgehead atoms. The maximum atomic E-state index is 11.7. The number of pyridine rings is 1. The van der Waals surface area contributed by atoms with Crippen LogP contribution in [0.5, 0.6) is 5.75 Å². The molecule has 0 atom stereocenters. The molecule has 0 unspecified atom stereocenters. The first-order valence-corrected chi connectivity index (χ1v) is 7.25. The highest BCUT2D eigenvalue weighted by Gasteiger charge is 2.21. The Bertz CT molecular complexity index is 458. The quantitative estimate of drug-likeness (QED) is 0.754. The van der Waals surface area contributed by atoms with Crippen molar-refractivity contribution < 1.29 is 9.53 Å². The van der Waals surface area contributed by atoms with E-state index in [0.717, 1.165) is 24.5 Å². The summed E-state index contributed by atoms with van der Waals surface area (Å²) in [5, 5.41) is 6.11. The molecule has 1 aromatic rings. The van der Waals surface area contributed by atoms with Crippen molar-refractivity contribution in [1.82, 2.24) is 15.6 Å². The molecule has 5 heteroatoms. The van der Waals surface area contributed by atoms with Gasteiger partial charge in [-0.3, -0.25) is 9.78 Å². The topological polar surface area (TPSA) is 63.3 Å². The molecule has 110 valence electrons. The highest BCUT2D eigenvalue weighted by atomic mass is 16.5. The lowest BCUT2D eigenvalue weighted by Crippen LogP contribution is -2.30. The van der Waals surface area contributed by atoms with Crippen molar-refractivity contribution in [1.29, 1.82) is 0 Å². The Kier molecular flexibility index (Phi) is 5.35. The molecule has 1 saturated carbocycles. The Labute approximate surface area is 120 Å². The molecule has 1 aliphatic rings. The lowest BCUT2D eigenvalue weighted by Gasteiger charge is -2.12. The van der Waals surface area contributed by atoms with Crippen LogP contribution < -0.4 is 15.4 Å². The lowest BCUT2D eigenvalue weighted by atomic mass is 10.3. The maximum Gasteiger partial charge on any atom is 0.257 e. The summed E-state index contributed by atoms with van der Waals surface area (Å²) in [5.41, 5.74) is 1.80. The first-order chi connectivity index (χ1) is 9.69. The smallest absolute Gasteiger partial charge is 0.257 e. The summed E-state index contributed by atoms with van der Waals surface area (Å²) in [7, 11) is 0. The summed E-state index contributed by atoms with van der Waals surface area (Å²) in [6, 6.07) is 3.77. The minimum atomic E-state index is -0.0631. The van der Waals surface area contributed by atoms with Gasteiger partial charge in [0.25, 0.3) is 5.91 Å². The van der Waals surface area contributed by atoms with Crippen molar-refractivity contribution in [2.24, 2.45) is 5.92 Å². The minimum absolute atomic E-state index is 0.0522. The number of nitrogens with one attached hydrogen (secondary N) is 2. The molecule has 1 aromatic heterocycles. The van der Waals surface area contributed by atoms with Crippen molar-refractivity contribution in [2.45, 2.75) is 33.2 Å². The molecule has 1 aliphatic carbocycles. The SMILES string of the molecule is CCNCc1nc(C)ccc1OCC(=O)NCC1CC1. The number of hydrogen-bond acceptors (Lipinski definition) is 4. The van der Waals surface area contributed by atoms with Gasteiger partial charge in [-0.1, -0.05) is 6.92 Å². The molecule has 5 nitrogen and oxygen atoms in total. The van der Waals surface area contributed by atoms with Crippen LogP contribution in [-0.4, -0.2) is 30.6 Å². The number of amides is 1. The maximum absolute atomic E-state index is 11.7. The van der Waals surface area contributed by atoms with E-state index in [-0.39, 0.29) is 12.5 Å². The summed E-state index contributed by atoms with van der Waals surface area (Å²) in [6.45, 7) is 6.34. The van der Waals surface area contributed by atoms with E-state index in [1.807, 2.05) is 26.0 Å². The van der Waals surface area contributed by atoms with Gasteiger partial charge in [-0.2, -0.15) is 0 Å². The van der Waals surface area contributed by atoms with Gasteiger partial charge < -0.3 is 15.4 Å². The predicted octanol–water partition coefficient (Wildman–Crippen LogP) is 1.40. The summed E-state index contributed by atoms with van der Waals surface area (Å²) in [4.78, 5) is 16.1. The van der Waals surface area contributed by atoms with Crippen molar-refractivity contribution in [3.05, 3.63) is 23.5 Å². The molecule has 2 rings (SSSR count). The average Bonchev–Trinajstić information content (AvgIpc) is 3.26. The van der Waals surface area contributed by atoms with E-state index >= 15 is 0 Å². The second kappa shape index (κ2) is 7.24. The third kappa shape index (κ3) is 4.81. The van der Waals surface area contributed by atoms with Crippen LogP contribution in [0.1, 0.15) is 31.2 Å². The number of nitrogens with zero attached hydrogens (tertiary/aromatic N) is 1. The van der Waals surface area contributed by atoms with Gasteiger partial charge in [0.1, 0.15) is 5.75 Å². The van der Waals surface area contributed by atoms with Gasteiger partial charge in [0, 0.05) is 18.8 Å². The first kappa shape index (κ1) is 14.8. The van der Waals surface area contributed by atoms with E-state index in [4.69, 9.17) is 4.74 Å². The Hall–Kier alpha value is -1.62. The fourth-order valence-electron chi connectivity index (χ4n) is 1.87. The van der Waals surface area contributed by atoms with E-state index in [1.165, 1.54) is 12.8 Å². The number of ether oxygens (including phenoxy) is 1. The van der Waals surface area contributed by atoms with Gasteiger partial charge in [-0.15, -0.1) is 0 Å². The molecule has 0 saturated heterocycles. The zero-order chi connectivity index (χ0) is 14.4. The number of aromatic nitrogens is 1. The fourth-order valence-corrected chi connectivity index (χ4v) is 1.87. The van der Waals surface area contributed by atoms with Gasteiger partial charge in [0.15, 0.2) is 6.61 Å². The second-order valence-electron chi connectivity index (χ2n) is 5.21. The van der Waals surface area contributed by atoms with Crippen LogP contribution in [0.3, 0.4) is 0 Å². The van der Waals surface area contributed by atoms with Gasteiger partial charge in [0.05, 0.1) is 5.69 Å². The van der Waals surface area contributed by atoms with Gasteiger partial charge in [-0.25, -0.2) is 0 Å². The molecule has 2 N–H and O–H groups in total. The van der Waals surface area contributed by atoms with Crippen LogP contribution in [0, 0.1) is 12.8 Å². The zero-order valence-electron chi connectivity index (χ0n) is 12.2. The Morgan fingerprint density at radius 2 is 2.25 bits per heavy atom. The molecule has 1 heterocycles. The molecule has 0 spiro atoms. The number of carbonyl (C=O) groups excluding carboxylic acids is 1. The number of aryl methyl sites for hydroxylation is 1. The molecular formula is C15H23N3O2.